The van der Waals surface area contributed by atoms with Crippen LogP contribution in [0.4, 0.5) is 0 Å². The maximum Gasteiger partial charge on any atom is 0.211 e. The Morgan fingerprint density at radius 3 is 2.47 bits per heavy atom. The number of rotatable bonds is 8. The summed E-state index contributed by atoms with van der Waals surface area (Å²) in [6.07, 6.45) is 3.01. The lowest BCUT2D eigenvalue weighted by Crippen LogP contribution is -2.31. The first-order valence-electron chi connectivity index (χ1n) is 5.70. The molecule has 0 spiro atoms. The molecule has 1 aliphatic rings. The molecule has 2 N–H and O–H groups in total. The summed E-state index contributed by atoms with van der Waals surface area (Å²) in [7, 11) is -3.00. The minimum absolute atomic E-state index is 0.324. The molecule has 90 valence electrons. The first-order chi connectivity index (χ1) is 6.99. The third-order valence-electron chi connectivity index (χ3n) is 2.38. The van der Waals surface area contributed by atoms with Crippen LogP contribution >= 0.6 is 0 Å². The van der Waals surface area contributed by atoms with Gasteiger partial charge in [0.2, 0.25) is 10.0 Å². The second-order valence-corrected chi connectivity index (χ2v) is 6.43. The molecule has 1 fully saturated rings. The van der Waals surface area contributed by atoms with E-state index in [1.807, 2.05) is 0 Å². The van der Waals surface area contributed by atoms with Gasteiger partial charge in [-0.15, -0.1) is 0 Å². The van der Waals surface area contributed by atoms with E-state index in [1.54, 1.807) is 0 Å². The summed E-state index contributed by atoms with van der Waals surface area (Å²) in [5.41, 5.74) is 0. The van der Waals surface area contributed by atoms with Crippen molar-refractivity contribution in [3.8, 4) is 0 Å². The van der Waals surface area contributed by atoms with Crippen LogP contribution < -0.4 is 10.0 Å². The fraction of sp³-hybridized carbons (Fsp3) is 1.00. The molecule has 0 unspecified atom stereocenters. The zero-order chi connectivity index (χ0) is 11.3. The summed E-state index contributed by atoms with van der Waals surface area (Å²) in [6, 6.07) is 0.466. The number of nitrogens with one attached hydrogen (secondary N) is 2. The van der Waals surface area contributed by atoms with Gasteiger partial charge >= 0.3 is 0 Å². The molecule has 0 bridgehead atoms. The molecule has 0 saturated heterocycles. The second kappa shape index (κ2) is 5.82. The van der Waals surface area contributed by atoms with E-state index in [9.17, 15) is 8.42 Å². The van der Waals surface area contributed by atoms with Crippen molar-refractivity contribution in [1.82, 2.24) is 10.0 Å². The van der Waals surface area contributed by atoms with Crippen molar-refractivity contribution in [1.29, 1.82) is 0 Å². The van der Waals surface area contributed by atoms with Crippen molar-refractivity contribution in [2.45, 2.75) is 39.2 Å². The number of hydrogen-bond acceptors (Lipinski definition) is 3. The fourth-order valence-corrected chi connectivity index (χ4v) is 2.89. The molecule has 1 rings (SSSR count). The van der Waals surface area contributed by atoms with Crippen molar-refractivity contribution in [2.24, 2.45) is 5.92 Å². The highest BCUT2D eigenvalue weighted by molar-refractivity contribution is 7.89. The van der Waals surface area contributed by atoms with Gasteiger partial charge in [0.25, 0.3) is 0 Å². The van der Waals surface area contributed by atoms with Gasteiger partial charge < -0.3 is 5.32 Å². The standard InChI is InChI=1S/C10H22N2O2S/c1-9(2)11-6-3-7-12-15(13,14)8-10-4-5-10/h9-12H,3-8H2,1-2H3. The normalized spacial score (nSPS) is 17.3. The molecule has 5 heteroatoms. The van der Waals surface area contributed by atoms with E-state index in [-0.39, 0.29) is 0 Å². The minimum atomic E-state index is -3.00. The molecule has 1 saturated carbocycles. The lowest BCUT2D eigenvalue weighted by atomic mass is 10.3. The summed E-state index contributed by atoms with van der Waals surface area (Å²) in [6.45, 7) is 5.58. The van der Waals surface area contributed by atoms with Crippen LogP contribution in [-0.2, 0) is 10.0 Å². The predicted molar refractivity (Wildman–Crippen MR) is 62.3 cm³/mol. The summed E-state index contributed by atoms with van der Waals surface area (Å²) in [5.74, 6) is 0.751. The van der Waals surface area contributed by atoms with Crippen LogP contribution in [0.3, 0.4) is 0 Å². The molecule has 0 aromatic rings. The molecular weight excluding hydrogens is 212 g/mol. The van der Waals surface area contributed by atoms with E-state index >= 15 is 0 Å². The molecule has 15 heavy (non-hydrogen) atoms. The van der Waals surface area contributed by atoms with E-state index in [1.165, 1.54) is 0 Å². The Morgan fingerprint density at radius 1 is 1.27 bits per heavy atom. The smallest absolute Gasteiger partial charge is 0.211 e. The molecule has 0 aliphatic heterocycles. The summed E-state index contributed by atoms with van der Waals surface area (Å²) in [5, 5.41) is 3.25. The van der Waals surface area contributed by atoms with Gasteiger partial charge in [0, 0.05) is 12.6 Å². The van der Waals surface area contributed by atoms with E-state index < -0.39 is 10.0 Å². The molecular formula is C10H22N2O2S. The minimum Gasteiger partial charge on any atom is -0.314 e. The van der Waals surface area contributed by atoms with E-state index in [0.29, 0.717) is 24.3 Å². The van der Waals surface area contributed by atoms with Crippen LogP contribution in [0.1, 0.15) is 33.1 Å². The highest BCUT2D eigenvalue weighted by atomic mass is 32.2. The zero-order valence-corrected chi connectivity index (χ0v) is 10.4. The molecule has 4 nitrogen and oxygen atoms in total. The van der Waals surface area contributed by atoms with E-state index in [2.05, 4.69) is 23.9 Å². The highest BCUT2D eigenvalue weighted by Gasteiger charge is 2.27. The van der Waals surface area contributed by atoms with Crippen molar-refractivity contribution in [3.05, 3.63) is 0 Å². The number of sulfonamides is 1. The molecule has 0 aromatic heterocycles. The van der Waals surface area contributed by atoms with Crippen LogP contribution in [-0.4, -0.2) is 33.3 Å². The monoisotopic (exact) mass is 234 g/mol. The Kier molecular flexibility index (Phi) is 5.02. The summed E-state index contributed by atoms with van der Waals surface area (Å²) in [4.78, 5) is 0. The Bertz CT molecular complexity index is 271. The number of hydrogen-bond donors (Lipinski definition) is 2. The summed E-state index contributed by atoms with van der Waals surface area (Å²) >= 11 is 0. The summed E-state index contributed by atoms with van der Waals surface area (Å²) < 4.78 is 25.5. The average molecular weight is 234 g/mol. The van der Waals surface area contributed by atoms with Crippen LogP contribution in [0.5, 0.6) is 0 Å². The quantitative estimate of drug-likeness (QED) is 0.608. The Morgan fingerprint density at radius 2 is 1.93 bits per heavy atom. The van der Waals surface area contributed by atoms with Gasteiger partial charge in [0.15, 0.2) is 0 Å². The highest BCUT2D eigenvalue weighted by Crippen LogP contribution is 2.29. The zero-order valence-electron chi connectivity index (χ0n) is 9.62. The first kappa shape index (κ1) is 12.9. The molecule has 0 heterocycles. The van der Waals surface area contributed by atoms with Gasteiger partial charge in [0.05, 0.1) is 5.75 Å². The van der Waals surface area contributed by atoms with Crippen LogP contribution in [0.15, 0.2) is 0 Å². The lowest BCUT2D eigenvalue weighted by Gasteiger charge is -2.08. The van der Waals surface area contributed by atoms with E-state index in [4.69, 9.17) is 0 Å². The first-order valence-corrected chi connectivity index (χ1v) is 7.35. The fourth-order valence-electron chi connectivity index (χ4n) is 1.36. The molecule has 1 aliphatic carbocycles. The molecule has 0 aromatic carbocycles. The lowest BCUT2D eigenvalue weighted by molar-refractivity contribution is 0.553. The van der Waals surface area contributed by atoms with Crippen molar-refractivity contribution < 1.29 is 8.42 Å². The van der Waals surface area contributed by atoms with Gasteiger partial charge in [-0.05, 0) is 31.7 Å². The van der Waals surface area contributed by atoms with Gasteiger partial charge in [-0.1, -0.05) is 13.8 Å². The van der Waals surface area contributed by atoms with Crippen molar-refractivity contribution >= 4 is 10.0 Å². The molecule has 0 radical (unpaired) electrons. The molecule has 0 amide bonds. The second-order valence-electron chi connectivity index (χ2n) is 4.58. The predicted octanol–water partition coefficient (Wildman–Crippen LogP) is 0.704. The largest absolute Gasteiger partial charge is 0.314 e. The molecule has 0 atom stereocenters. The van der Waals surface area contributed by atoms with Gasteiger partial charge in [-0.2, -0.15) is 0 Å². The average Bonchev–Trinajstić information content (AvgIpc) is 2.86. The van der Waals surface area contributed by atoms with Gasteiger partial charge in [-0.3, -0.25) is 0 Å². The Hall–Kier alpha value is -0.130. The maximum atomic E-state index is 11.4. The SMILES string of the molecule is CC(C)NCCCNS(=O)(=O)CC1CC1. The van der Waals surface area contributed by atoms with Crippen LogP contribution in [0.25, 0.3) is 0 Å². The topological polar surface area (TPSA) is 58.2 Å². The van der Waals surface area contributed by atoms with Crippen molar-refractivity contribution in [3.63, 3.8) is 0 Å². The van der Waals surface area contributed by atoms with Gasteiger partial charge in [0.1, 0.15) is 0 Å². The van der Waals surface area contributed by atoms with Crippen LogP contribution in [0.2, 0.25) is 0 Å². The maximum absolute atomic E-state index is 11.4. The van der Waals surface area contributed by atoms with Gasteiger partial charge in [-0.25, -0.2) is 13.1 Å². The third-order valence-corrected chi connectivity index (χ3v) is 3.93. The van der Waals surface area contributed by atoms with E-state index in [0.717, 1.165) is 25.8 Å². The third kappa shape index (κ3) is 6.87. The Balaban J connectivity index is 2.02. The van der Waals surface area contributed by atoms with Crippen molar-refractivity contribution in [2.75, 3.05) is 18.8 Å². The Labute approximate surface area is 92.9 Å². The van der Waals surface area contributed by atoms with Crippen LogP contribution in [0, 0.1) is 5.92 Å².